The topological polar surface area (TPSA) is 162 Å². The molecule has 1 saturated heterocycles. The van der Waals surface area contributed by atoms with E-state index in [1.165, 1.54) is 7.05 Å². The van der Waals surface area contributed by atoms with Crippen LogP contribution < -0.4 is 26.2 Å². The summed E-state index contributed by atoms with van der Waals surface area (Å²) in [5.41, 5.74) is 5.89. The minimum atomic E-state index is -1.37. The Morgan fingerprint density at radius 2 is 1.73 bits per heavy atom. The molecule has 260 valence electrons. The van der Waals surface area contributed by atoms with Crippen LogP contribution in [-0.2, 0) is 16.7 Å². The molecule has 51 heavy (non-hydrogen) atoms. The monoisotopic (exact) mass is 685 g/mol. The minimum Gasteiger partial charge on any atom is -0.366 e. The number of pyridine rings is 1. The van der Waals surface area contributed by atoms with Crippen molar-refractivity contribution in [2.75, 3.05) is 49.3 Å². The summed E-state index contributed by atoms with van der Waals surface area (Å²) in [5.74, 6) is -0.524. The number of anilines is 4. The van der Waals surface area contributed by atoms with Crippen LogP contribution in [0.2, 0.25) is 0 Å². The van der Waals surface area contributed by atoms with Crippen LogP contribution in [0.5, 0.6) is 0 Å². The highest BCUT2D eigenvalue weighted by Gasteiger charge is 2.41. The van der Waals surface area contributed by atoms with E-state index in [1.54, 1.807) is 24.3 Å². The zero-order chi connectivity index (χ0) is 36.4. The molecule has 1 saturated carbocycles. The van der Waals surface area contributed by atoms with Gasteiger partial charge in [-0.1, -0.05) is 32.0 Å². The van der Waals surface area contributed by atoms with Crippen molar-refractivity contribution in [3.8, 4) is 11.1 Å². The highest BCUT2D eigenvalue weighted by atomic mass is 16.2. The molecule has 2 fully saturated rings. The van der Waals surface area contributed by atoms with Crippen molar-refractivity contribution in [2.24, 2.45) is 5.92 Å². The quantitative estimate of drug-likeness (QED) is 0.183. The number of benzene rings is 1. The zero-order valence-corrected chi connectivity index (χ0v) is 29.5. The van der Waals surface area contributed by atoms with Gasteiger partial charge in [0.15, 0.2) is 11.5 Å². The van der Waals surface area contributed by atoms with Crippen LogP contribution in [0.25, 0.3) is 11.1 Å². The van der Waals surface area contributed by atoms with E-state index in [9.17, 15) is 14.4 Å². The number of aromatic nitrogens is 5. The molecule has 0 unspecified atom stereocenters. The smallest absolute Gasteiger partial charge is 0.273 e. The first-order chi connectivity index (χ1) is 24.6. The Morgan fingerprint density at radius 3 is 2.43 bits per heavy atom. The van der Waals surface area contributed by atoms with Crippen molar-refractivity contribution in [1.82, 2.24) is 40.5 Å². The number of carbonyl (C=O) groups excluding carboxylic acids is 3. The predicted molar refractivity (Wildman–Crippen MR) is 197 cm³/mol. The van der Waals surface area contributed by atoms with E-state index in [1.807, 2.05) is 61.8 Å². The van der Waals surface area contributed by atoms with Crippen LogP contribution in [-0.4, -0.2) is 97.0 Å². The van der Waals surface area contributed by atoms with E-state index in [-0.39, 0.29) is 41.0 Å². The molecule has 0 bridgehead atoms. The van der Waals surface area contributed by atoms with Crippen molar-refractivity contribution in [3.63, 3.8) is 0 Å². The Hall–Kier alpha value is -5.24. The maximum atomic E-state index is 12.7. The van der Waals surface area contributed by atoms with Crippen molar-refractivity contribution in [2.45, 2.75) is 51.5 Å². The minimum absolute atomic E-state index is 0.00740. The first kappa shape index (κ1) is 35.6. The third kappa shape index (κ3) is 6.92. The molecule has 1 aliphatic carbocycles. The lowest BCUT2D eigenvalue weighted by molar-refractivity contribution is -0.117. The molecule has 7 rings (SSSR count). The van der Waals surface area contributed by atoms with E-state index in [4.69, 9.17) is 20.8 Å². The molecule has 2 aliphatic heterocycles. The molecule has 0 spiro atoms. The molecule has 3 aromatic heterocycles. The van der Waals surface area contributed by atoms with Gasteiger partial charge in [-0.3, -0.25) is 19.1 Å². The Kier molecular flexibility index (Phi) is 10.1. The van der Waals surface area contributed by atoms with Gasteiger partial charge in [-0.25, -0.2) is 4.98 Å². The second-order valence-corrected chi connectivity index (χ2v) is 12.6. The van der Waals surface area contributed by atoms with Gasteiger partial charge in [-0.2, -0.15) is 5.10 Å². The summed E-state index contributed by atoms with van der Waals surface area (Å²) in [6.45, 7) is 8.00. The number of carbonyl (C=O) groups is 3. The Labute approximate surface area is 300 Å². The summed E-state index contributed by atoms with van der Waals surface area (Å²) in [7, 11) is 16.7. The first-order valence-electron chi connectivity index (χ1n) is 17.3. The molecule has 0 atom stereocenters. The molecule has 16 heteroatoms. The normalized spacial score (nSPS) is 15.4. The fourth-order valence-electron chi connectivity index (χ4n) is 6.32. The second-order valence-electron chi connectivity index (χ2n) is 12.6. The van der Waals surface area contributed by atoms with Crippen LogP contribution >= 0.6 is 0 Å². The summed E-state index contributed by atoms with van der Waals surface area (Å²) in [5, 5.41) is 23.2. The number of nitrogens with zero attached hydrogens (tertiary/aromatic N) is 7. The summed E-state index contributed by atoms with van der Waals surface area (Å²) in [4.78, 5) is 46.0. The molecule has 14 nitrogen and oxygen atoms in total. The molecular weight excluding hydrogens is 644 g/mol. The lowest BCUT2D eigenvalue weighted by Gasteiger charge is -2.50. The van der Waals surface area contributed by atoms with Crippen LogP contribution in [0.15, 0.2) is 48.7 Å². The molecule has 4 radical (unpaired) electrons. The van der Waals surface area contributed by atoms with Gasteiger partial charge in [-0.15, -0.1) is 10.2 Å². The molecular formula is C35H41B2N11O3. The number of amides is 3. The lowest BCUT2D eigenvalue weighted by Crippen LogP contribution is -2.60. The molecule has 1 aromatic carbocycles. The molecule has 4 N–H and O–H groups in total. The molecule has 4 aromatic rings. The average molecular weight is 685 g/mol. The van der Waals surface area contributed by atoms with E-state index in [2.05, 4.69) is 41.3 Å². The highest BCUT2D eigenvalue weighted by molar-refractivity contribution is 6.39. The number of para-hydroxylation sites is 1. The number of likely N-dealkylation sites (tertiary alicyclic amines) is 1. The van der Waals surface area contributed by atoms with Gasteiger partial charge in [-0.05, 0) is 43.3 Å². The van der Waals surface area contributed by atoms with Gasteiger partial charge in [0.25, 0.3) is 11.8 Å². The Morgan fingerprint density at radius 1 is 0.980 bits per heavy atom. The Balaban J connectivity index is 0.00000220. The van der Waals surface area contributed by atoms with Crippen molar-refractivity contribution in [1.29, 1.82) is 0 Å². The van der Waals surface area contributed by atoms with Crippen molar-refractivity contribution < 1.29 is 14.4 Å². The van der Waals surface area contributed by atoms with Gasteiger partial charge in [0.1, 0.15) is 5.69 Å². The highest BCUT2D eigenvalue weighted by Crippen LogP contribution is 2.45. The zero-order valence-electron chi connectivity index (χ0n) is 29.5. The second kappa shape index (κ2) is 14.5. The van der Waals surface area contributed by atoms with E-state index in [0.717, 1.165) is 41.0 Å². The number of hydrogen-bond acceptors (Lipinski definition) is 10. The summed E-state index contributed by atoms with van der Waals surface area (Å²) in [6.07, 6.45) is 3.58. The molecule has 3 amide bonds. The summed E-state index contributed by atoms with van der Waals surface area (Å²) in [6, 6.07) is 12.7. The maximum Gasteiger partial charge on any atom is 0.273 e. The number of rotatable bonds is 10. The third-order valence-corrected chi connectivity index (χ3v) is 9.16. The van der Waals surface area contributed by atoms with Crippen LogP contribution in [0, 0.1) is 5.92 Å². The number of nitrogens with one attached hydrogen (secondary N) is 4. The largest absolute Gasteiger partial charge is 0.366 e. The van der Waals surface area contributed by atoms with Gasteiger partial charge in [0, 0.05) is 62.5 Å². The van der Waals surface area contributed by atoms with Crippen LogP contribution in [0.1, 0.15) is 72.0 Å². The van der Waals surface area contributed by atoms with Crippen molar-refractivity contribution >= 4 is 56.3 Å². The molecule has 5 heterocycles. The van der Waals surface area contributed by atoms with E-state index < -0.39 is 11.2 Å². The van der Waals surface area contributed by atoms with Crippen LogP contribution in [0.3, 0.4) is 0 Å². The van der Waals surface area contributed by atoms with Gasteiger partial charge in [0.2, 0.25) is 5.91 Å². The average Bonchev–Trinajstić information content (AvgIpc) is 3.89. The maximum absolute atomic E-state index is 12.7. The number of hydrogen-bond donors (Lipinski definition) is 4. The van der Waals surface area contributed by atoms with Gasteiger partial charge < -0.3 is 31.1 Å². The predicted octanol–water partition coefficient (Wildman–Crippen LogP) is 2.92. The number of fused-ring (bicyclic) bond motifs is 3. The van der Waals surface area contributed by atoms with E-state index >= 15 is 0 Å². The lowest BCUT2D eigenvalue weighted by atomic mass is 9.57. The standard InChI is InChI=1S/C33H35B2N11O3.C2H6/c1-4-37-31(48)23-9-6-10-26(40-23)33(34,35)45-15-19(16-45)46-25-17-44(3)29-20(21(25)14-38-46)7-5-8-22(29)39-24-13-27(41-30(47)18-11-12-18)42-43-28(24)32(49)36-2;1-2/h5-10,13-14,18-19H,4,11-12,15-17H2,1-3H3,(H,36,49)(H,37,48)(H2,39,41,42,47);1-2H3. The fraction of sp³-hybridized carbons (Fsp3) is 0.400. The Bertz CT molecular complexity index is 1960. The molecule has 3 aliphatic rings. The summed E-state index contributed by atoms with van der Waals surface area (Å²) >= 11 is 0. The SMILES string of the molecule is CC.[B]C([B])(c1cccc(C(=O)NCC)n1)N1CC(n2ncc3c2CN(C)c2c(Nc4cc(NC(=O)C5CC5)nnc4C(=O)NC)cccc2-3)C1. The van der Waals surface area contributed by atoms with E-state index in [0.29, 0.717) is 37.6 Å². The van der Waals surface area contributed by atoms with Gasteiger partial charge in [0.05, 0.1) is 57.2 Å². The van der Waals surface area contributed by atoms with Gasteiger partial charge >= 0.3 is 0 Å². The fourth-order valence-corrected chi connectivity index (χ4v) is 6.32. The third-order valence-electron chi connectivity index (χ3n) is 9.16. The summed E-state index contributed by atoms with van der Waals surface area (Å²) < 4.78 is 2.03. The van der Waals surface area contributed by atoms with Crippen LogP contribution in [0.4, 0.5) is 22.9 Å². The first-order valence-corrected chi connectivity index (χ1v) is 17.3. The van der Waals surface area contributed by atoms with Crippen molar-refractivity contribution in [3.05, 3.63) is 71.4 Å².